The van der Waals surface area contributed by atoms with E-state index in [2.05, 4.69) is 5.10 Å². The number of hydrogen-bond donors (Lipinski definition) is 1. The highest BCUT2D eigenvalue weighted by Crippen LogP contribution is 2.31. The molecule has 0 amide bonds. The number of halogens is 2. The van der Waals surface area contributed by atoms with Crippen LogP contribution in [0.15, 0.2) is 59.0 Å². The summed E-state index contributed by atoms with van der Waals surface area (Å²) in [6.07, 6.45) is 2.91. The van der Waals surface area contributed by atoms with Gasteiger partial charge in [-0.3, -0.25) is 9.48 Å². The second-order valence-electron chi connectivity index (χ2n) is 7.40. The van der Waals surface area contributed by atoms with Crippen molar-refractivity contribution in [2.24, 2.45) is 7.05 Å². The Bertz CT molecular complexity index is 1580. The smallest absolute Gasteiger partial charge is 0.338 e. The lowest BCUT2D eigenvalue weighted by molar-refractivity contribution is 0.0698. The van der Waals surface area contributed by atoms with Crippen molar-refractivity contribution >= 4 is 38.3 Å². The molecule has 3 aromatic heterocycles. The molecule has 0 saturated carbocycles. The zero-order valence-corrected chi connectivity index (χ0v) is 17.5. The molecule has 0 aliphatic heterocycles. The fourth-order valence-corrected chi connectivity index (χ4v) is 4.77. The number of carboxylic acid groups (broad SMARTS) is 1. The third kappa shape index (κ3) is 3.18. The molecule has 2 aromatic carbocycles. The van der Waals surface area contributed by atoms with Gasteiger partial charge in [-0.1, -0.05) is 12.1 Å². The second kappa shape index (κ2) is 7.38. The first-order valence-corrected chi connectivity index (χ1v) is 10.5. The summed E-state index contributed by atoms with van der Waals surface area (Å²) in [7, 11) is 1.77. The molecule has 9 heteroatoms. The van der Waals surface area contributed by atoms with Gasteiger partial charge in [0.05, 0.1) is 27.7 Å². The molecule has 0 aliphatic rings. The van der Waals surface area contributed by atoms with E-state index in [4.69, 9.17) is 0 Å². The summed E-state index contributed by atoms with van der Waals surface area (Å²) in [5.41, 5.74) is 0.760. The summed E-state index contributed by atoms with van der Waals surface area (Å²) in [6.45, 7) is -0.431. The van der Waals surface area contributed by atoms with Gasteiger partial charge in [-0.05, 0) is 40.8 Å². The van der Waals surface area contributed by atoms with Crippen LogP contribution in [0.25, 0.3) is 32.1 Å². The molecule has 0 spiro atoms. The minimum atomic E-state index is -1.22. The number of carbonyl (C=O) groups is 1. The van der Waals surface area contributed by atoms with Crippen molar-refractivity contribution in [2.75, 3.05) is 0 Å². The van der Waals surface area contributed by atoms with Gasteiger partial charge in [0.2, 0.25) is 0 Å². The fraction of sp³-hybridized carbons (Fsp3) is 0.0870. The van der Waals surface area contributed by atoms with Gasteiger partial charge in [0.15, 0.2) is 0 Å². The van der Waals surface area contributed by atoms with Crippen molar-refractivity contribution in [3.8, 4) is 11.1 Å². The molecule has 32 heavy (non-hydrogen) atoms. The summed E-state index contributed by atoms with van der Waals surface area (Å²) in [5.74, 6) is -2.86. The Balaban J connectivity index is 1.61. The molecule has 3 heterocycles. The zero-order valence-electron chi connectivity index (χ0n) is 16.7. The third-order valence-electron chi connectivity index (χ3n) is 5.36. The average Bonchev–Trinajstić information content (AvgIpc) is 3.37. The molecule has 5 aromatic rings. The molecule has 0 bridgehead atoms. The molecule has 160 valence electrons. The highest BCUT2D eigenvalue weighted by Gasteiger charge is 2.19. The maximum Gasteiger partial charge on any atom is 0.338 e. The van der Waals surface area contributed by atoms with Crippen LogP contribution < -0.4 is 5.56 Å². The largest absolute Gasteiger partial charge is 0.478 e. The molecule has 0 atom stereocenters. The highest BCUT2D eigenvalue weighted by molar-refractivity contribution is 7.17. The predicted octanol–water partition coefficient (Wildman–Crippen LogP) is 4.64. The second-order valence-corrected chi connectivity index (χ2v) is 8.32. The normalized spacial score (nSPS) is 11.5. The van der Waals surface area contributed by atoms with Crippen LogP contribution in [0, 0.1) is 11.6 Å². The molecular formula is C23H15F2N3O3S. The van der Waals surface area contributed by atoms with Gasteiger partial charge in [0, 0.05) is 30.4 Å². The van der Waals surface area contributed by atoms with E-state index >= 15 is 8.78 Å². The van der Waals surface area contributed by atoms with Gasteiger partial charge in [0.1, 0.15) is 11.6 Å². The Morgan fingerprint density at radius 3 is 2.59 bits per heavy atom. The van der Waals surface area contributed by atoms with Crippen LogP contribution in [0.1, 0.15) is 15.9 Å². The van der Waals surface area contributed by atoms with Crippen molar-refractivity contribution in [3.05, 3.63) is 87.3 Å². The standard InChI is InChI=1S/C23H15F2N3O3S/c1-27-9-15-13(3-2-4-20(15)26-27)12-7-18(24)16(19(25)8-12)10-28-11-17(23(30)31)21-14(22(28)29)5-6-32-21/h2-9,11H,10H2,1H3,(H,30,31). The first-order chi connectivity index (χ1) is 15.3. The van der Waals surface area contributed by atoms with Crippen LogP contribution in [0.5, 0.6) is 0 Å². The lowest BCUT2D eigenvalue weighted by Gasteiger charge is -2.12. The third-order valence-corrected chi connectivity index (χ3v) is 6.31. The van der Waals surface area contributed by atoms with Gasteiger partial charge >= 0.3 is 5.97 Å². The van der Waals surface area contributed by atoms with Crippen LogP contribution in [0.3, 0.4) is 0 Å². The van der Waals surface area contributed by atoms with E-state index in [0.717, 1.165) is 27.5 Å². The lowest BCUT2D eigenvalue weighted by atomic mass is 9.99. The molecular weight excluding hydrogens is 436 g/mol. The van der Waals surface area contributed by atoms with E-state index in [0.29, 0.717) is 21.3 Å². The van der Waals surface area contributed by atoms with Crippen molar-refractivity contribution in [1.29, 1.82) is 0 Å². The summed E-state index contributed by atoms with van der Waals surface area (Å²) in [4.78, 5) is 24.4. The number of pyridine rings is 1. The zero-order chi connectivity index (χ0) is 22.6. The molecule has 0 fully saturated rings. The Kier molecular flexibility index (Phi) is 4.63. The number of aryl methyl sites for hydroxylation is 1. The summed E-state index contributed by atoms with van der Waals surface area (Å²) < 4.78 is 33.1. The number of benzene rings is 2. The topological polar surface area (TPSA) is 77.1 Å². The van der Waals surface area contributed by atoms with Gasteiger partial charge in [-0.15, -0.1) is 11.3 Å². The number of hydrogen-bond acceptors (Lipinski definition) is 4. The molecule has 0 radical (unpaired) electrons. The Hall–Kier alpha value is -3.85. The Morgan fingerprint density at radius 2 is 1.88 bits per heavy atom. The number of thiophene rings is 1. The summed E-state index contributed by atoms with van der Waals surface area (Å²) >= 11 is 1.13. The van der Waals surface area contributed by atoms with Crippen LogP contribution in [-0.2, 0) is 13.6 Å². The van der Waals surface area contributed by atoms with Crippen LogP contribution in [0.4, 0.5) is 8.78 Å². The monoisotopic (exact) mass is 451 g/mol. The highest BCUT2D eigenvalue weighted by atomic mass is 32.1. The number of rotatable bonds is 4. The number of aromatic carboxylic acids is 1. The van der Waals surface area contributed by atoms with Gasteiger partial charge in [-0.2, -0.15) is 5.10 Å². The number of carboxylic acids is 1. The summed E-state index contributed by atoms with van der Waals surface area (Å²) in [6, 6.07) is 9.27. The minimum absolute atomic E-state index is 0.0877. The lowest BCUT2D eigenvalue weighted by Crippen LogP contribution is -2.23. The van der Waals surface area contributed by atoms with Crippen LogP contribution in [0.2, 0.25) is 0 Å². The van der Waals surface area contributed by atoms with E-state index in [1.54, 1.807) is 35.4 Å². The SMILES string of the molecule is Cn1cc2c(-c3cc(F)c(Cn4cc(C(=O)O)c5sccc5c4=O)c(F)c3)cccc2n1. The number of fused-ring (bicyclic) bond motifs is 2. The van der Waals surface area contributed by atoms with Gasteiger partial charge < -0.3 is 9.67 Å². The molecule has 0 unspecified atom stereocenters. The summed E-state index contributed by atoms with van der Waals surface area (Å²) in [5, 5.41) is 16.4. The Morgan fingerprint density at radius 1 is 1.12 bits per heavy atom. The van der Waals surface area contributed by atoms with E-state index in [-0.39, 0.29) is 16.5 Å². The first-order valence-electron chi connectivity index (χ1n) is 9.58. The van der Waals surface area contributed by atoms with E-state index in [1.165, 1.54) is 18.2 Å². The maximum absolute atomic E-state index is 15.0. The molecule has 1 N–H and O–H groups in total. The minimum Gasteiger partial charge on any atom is -0.478 e. The molecule has 0 saturated heterocycles. The average molecular weight is 451 g/mol. The fourth-order valence-electron chi connectivity index (χ4n) is 3.88. The van der Waals surface area contributed by atoms with E-state index in [1.807, 2.05) is 6.07 Å². The van der Waals surface area contributed by atoms with Crippen molar-refractivity contribution < 1.29 is 18.7 Å². The molecule has 5 rings (SSSR count). The van der Waals surface area contributed by atoms with Gasteiger partial charge in [-0.25, -0.2) is 13.6 Å². The van der Waals surface area contributed by atoms with Crippen molar-refractivity contribution in [3.63, 3.8) is 0 Å². The Labute approximate surface area is 183 Å². The van der Waals surface area contributed by atoms with Crippen molar-refractivity contribution in [1.82, 2.24) is 14.3 Å². The number of nitrogens with zero attached hydrogens (tertiary/aromatic N) is 3. The van der Waals surface area contributed by atoms with Crippen LogP contribution >= 0.6 is 11.3 Å². The maximum atomic E-state index is 15.0. The van der Waals surface area contributed by atoms with E-state index in [9.17, 15) is 14.7 Å². The van der Waals surface area contributed by atoms with Gasteiger partial charge in [0.25, 0.3) is 5.56 Å². The van der Waals surface area contributed by atoms with Crippen molar-refractivity contribution in [2.45, 2.75) is 6.54 Å². The van der Waals surface area contributed by atoms with Crippen LogP contribution in [-0.4, -0.2) is 25.4 Å². The molecule has 0 aliphatic carbocycles. The van der Waals surface area contributed by atoms with E-state index < -0.39 is 29.7 Å². The molecule has 6 nitrogen and oxygen atoms in total. The first kappa shape index (κ1) is 20.1. The quantitative estimate of drug-likeness (QED) is 0.432. The number of aromatic nitrogens is 3. The predicted molar refractivity (Wildman–Crippen MR) is 118 cm³/mol.